The molecule has 160 valence electrons. The molecule has 2 saturated carbocycles. The third-order valence-corrected chi connectivity index (χ3v) is 7.20. The first-order chi connectivity index (χ1) is 13.8. The number of rotatable bonds is 5. The second kappa shape index (κ2) is 9.15. The summed E-state index contributed by atoms with van der Waals surface area (Å²) >= 11 is 0. The number of nitrogens with one attached hydrogen (secondary N) is 1. The Morgan fingerprint density at radius 3 is 2.62 bits per heavy atom. The molecule has 7 nitrogen and oxygen atoms in total. The number of hydrogen-bond acceptors (Lipinski definition) is 5. The van der Waals surface area contributed by atoms with Crippen LogP contribution in [0.25, 0.3) is 0 Å². The Morgan fingerprint density at radius 2 is 1.93 bits per heavy atom. The second-order valence-electron chi connectivity index (χ2n) is 9.19. The molecule has 0 radical (unpaired) electrons. The fourth-order valence-electron chi connectivity index (χ4n) is 5.18. The van der Waals surface area contributed by atoms with Crippen molar-refractivity contribution in [3.8, 4) is 6.07 Å². The highest BCUT2D eigenvalue weighted by atomic mass is 16.5. The van der Waals surface area contributed by atoms with Gasteiger partial charge in [-0.3, -0.25) is 14.4 Å². The van der Waals surface area contributed by atoms with Crippen LogP contribution in [0.3, 0.4) is 0 Å². The Morgan fingerprint density at radius 1 is 1.21 bits per heavy atom. The standard InChI is InChI=1S/C22H33N3O4/c1-15-7-6-8-18(16(15)2)25-12-17(11-20(25)27)21(28)29-13-19(26)24-22(14-23)9-4-3-5-10-22/h15-18H,3-13H2,1-2H3,(H,24,26)/t15-,16+,17+,18+/m0/s1. The zero-order valence-electron chi connectivity index (χ0n) is 17.6. The number of hydrogen-bond donors (Lipinski definition) is 1. The lowest BCUT2D eigenvalue weighted by Crippen LogP contribution is -2.50. The van der Waals surface area contributed by atoms with Gasteiger partial charge in [-0.25, -0.2) is 0 Å². The van der Waals surface area contributed by atoms with Crippen LogP contribution in [0.5, 0.6) is 0 Å². The van der Waals surface area contributed by atoms with Gasteiger partial charge in [-0.1, -0.05) is 46.0 Å². The molecule has 0 aromatic carbocycles. The summed E-state index contributed by atoms with van der Waals surface area (Å²) in [6.07, 6.45) is 7.58. The molecule has 1 aliphatic heterocycles. The van der Waals surface area contributed by atoms with Gasteiger partial charge in [0.25, 0.3) is 5.91 Å². The molecule has 1 N–H and O–H groups in total. The second-order valence-corrected chi connectivity index (χ2v) is 9.19. The maximum atomic E-state index is 12.5. The van der Waals surface area contributed by atoms with Crippen LogP contribution in [0.4, 0.5) is 0 Å². The zero-order chi connectivity index (χ0) is 21.0. The van der Waals surface area contributed by atoms with Gasteiger partial charge in [0.1, 0.15) is 5.54 Å². The molecule has 3 rings (SSSR count). The molecular formula is C22H33N3O4. The largest absolute Gasteiger partial charge is 0.455 e. The number of esters is 1. The Hall–Kier alpha value is -2.10. The normalized spacial score (nSPS) is 31.8. The van der Waals surface area contributed by atoms with Gasteiger partial charge >= 0.3 is 5.97 Å². The Balaban J connectivity index is 1.49. The van der Waals surface area contributed by atoms with E-state index in [1.807, 2.05) is 4.90 Å². The predicted octanol–water partition coefficient (Wildman–Crippen LogP) is 2.55. The van der Waals surface area contributed by atoms with E-state index in [1.165, 1.54) is 6.42 Å². The third-order valence-electron chi connectivity index (χ3n) is 7.20. The van der Waals surface area contributed by atoms with Crippen molar-refractivity contribution in [3.63, 3.8) is 0 Å². The van der Waals surface area contributed by atoms with E-state index in [1.54, 1.807) is 0 Å². The van der Waals surface area contributed by atoms with Crippen LogP contribution in [0.2, 0.25) is 0 Å². The van der Waals surface area contributed by atoms with Gasteiger partial charge in [-0.05, 0) is 31.1 Å². The van der Waals surface area contributed by atoms with E-state index in [4.69, 9.17) is 4.74 Å². The predicted molar refractivity (Wildman–Crippen MR) is 106 cm³/mol. The lowest BCUT2D eigenvalue weighted by Gasteiger charge is -2.39. The average Bonchev–Trinajstić information content (AvgIpc) is 3.10. The molecule has 0 aromatic rings. The van der Waals surface area contributed by atoms with Crippen molar-refractivity contribution in [2.75, 3.05) is 13.2 Å². The molecule has 1 saturated heterocycles. The molecule has 0 aromatic heterocycles. The zero-order valence-corrected chi connectivity index (χ0v) is 17.6. The van der Waals surface area contributed by atoms with E-state index in [0.717, 1.165) is 32.1 Å². The van der Waals surface area contributed by atoms with Crippen LogP contribution in [-0.4, -0.2) is 47.4 Å². The van der Waals surface area contributed by atoms with Crippen LogP contribution >= 0.6 is 0 Å². The van der Waals surface area contributed by atoms with Gasteiger partial charge < -0.3 is 15.0 Å². The summed E-state index contributed by atoms with van der Waals surface area (Å²) in [7, 11) is 0. The molecule has 0 bridgehead atoms. The van der Waals surface area contributed by atoms with Gasteiger partial charge in [0, 0.05) is 19.0 Å². The maximum Gasteiger partial charge on any atom is 0.311 e. The molecule has 4 atom stereocenters. The molecule has 1 heterocycles. The lowest BCUT2D eigenvalue weighted by atomic mass is 9.77. The van der Waals surface area contributed by atoms with Crippen LogP contribution in [-0.2, 0) is 19.1 Å². The molecule has 2 amide bonds. The summed E-state index contributed by atoms with van der Waals surface area (Å²) in [5.74, 6) is -0.457. The number of carbonyl (C=O) groups is 3. The van der Waals surface area contributed by atoms with Gasteiger partial charge in [0.05, 0.1) is 12.0 Å². The van der Waals surface area contributed by atoms with Crippen LogP contribution in [0, 0.1) is 29.1 Å². The van der Waals surface area contributed by atoms with E-state index in [0.29, 0.717) is 31.2 Å². The summed E-state index contributed by atoms with van der Waals surface area (Å²) < 4.78 is 5.21. The Kier molecular flexibility index (Phi) is 6.81. The number of nitriles is 1. The van der Waals surface area contributed by atoms with Crippen molar-refractivity contribution >= 4 is 17.8 Å². The first-order valence-electron chi connectivity index (χ1n) is 11.0. The van der Waals surface area contributed by atoms with Gasteiger partial charge in [0.15, 0.2) is 6.61 Å². The maximum absolute atomic E-state index is 12.5. The first-order valence-corrected chi connectivity index (χ1v) is 11.0. The molecule has 3 fully saturated rings. The van der Waals surface area contributed by atoms with Crippen molar-refractivity contribution in [2.45, 2.75) is 83.2 Å². The number of nitrogens with zero attached hydrogens (tertiary/aromatic N) is 2. The molecule has 2 aliphatic carbocycles. The van der Waals surface area contributed by atoms with E-state index in [9.17, 15) is 19.6 Å². The average molecular weight is 404 g/mol. The summed E-state index contributed by atoms with van der Waals surface area (Å²) in [4.78, 5) is 39.1. The molecule has 29 heavy (non-hydrogen) atoms. The van der Waals surface area contributed by atoms with Crippen molar-refractivity contribution in [1.29, 1.82) is 5.26 Å². The quantitative estimate of drug-likeness (QED) is 0.711. The highest BCUT2D eigenvalue weighted by molar-refractivity contribution is 5.88. The van der Waals surface area contributed by atoms with Gasteiger partial charge in [0.2, 0.25) is 5.91 Å². The van der Waals surface area contributed by atoms with Crippen molar-refractivity contribution in [2.24, 2.45) is 17.8 Å². The van der Waals surface area contributed by atoms with Crippen molar-refractivity contribution in [1.82, 2.24) is 10.2 Å². The molecular weight excluding hydrogens is 370 g/mol. The minimum absolute atomic E-state index is 0.00740. The molecule has 7 heteroatoms. The minimum Gasteiger partial charge on any atom is -0.455 e. The Bertz CT molecular complexity index is 680. The lowest BCUT2D eigenvalue weighted by molar-refractivity contribution is -0.152. The number of carbonyl (C=O) groups excluding carboxylic acids is 3. The van der Waals surface area contributed by atoms with E-state index in [2.05, 4.69) is 25.2 Å². The number of amides is 2. The highest BCUT2D eigenvalue weighted by Crippen LogP contribution is 2.36. The Labute approximate surface area is 173 Å². The van der Waals surface area contributed by atoms with Crippen molar-refractivity contribution in [3.05, 3.63) is 0 Å². The SMILES string of the molecule is C[C@H]1[C@H](N2C[C@H](C(=O)OCC(=O)NC3(C#N)CCCCC3)CC2=O)CCC[C@@H]1C. The molecule has 0 unspecified atom stereocenters. The van der Waals surface area contributed by atoms with Crippen molar-refractivity contribution < 1.29 is 19.1 Å². The molecule has 3 aliphatic rings. The van der Waals surface area contributed by atoms with Crippen LogP contribution in [0.15, 0.2) is 0 Å². The third kappa shape index (κ3) is 4.91. The van der Waals surface area contributed by atoms with Gasteiger partial charge in [-0.15, -0.1) is 0 Å². The summed E-state index contributed by atoms with van der Waals surface area (Å²) in [6.45, 7) is 4.39. The monoisotopic (exact) mass is 403 g/mol. The van der Waals surface area contributed by atoms with E-state index in [-0.39, 0.29) is 18.4 Å². The molecule has 0 spiro atoms. The number of likely N-dealkylation sites (tertiary alicyclic amines) is 1. The fourth-order valence-corrected chi connectivity index (χ4v) is 5.18. The fraction of sp³-hybridized carbons (Fsp3) is 0.818. The smallest absolute Gasteiger partial charge is 0.311 e. The topological polar surface area (TPSA) is 99.5 Å². The first kappa shape index (κ1) is 21.6. The highest BCUT2D eigenvalue weighted by Gasteiger charge is 2.42. The minimum atomic E-state index is -0.838. The summed E-state index contributed by atoms with van der Waals surface area (Å²) in [6, 6.07) is 2.41. The van der Waals surface area contributed by atoms with Gasteiger partial charge in [-0.2, -0.15) is 5.26 Å². The number of ether oxygens (including phenoxy) is 1. The van der Waals surface area contributed by atoms with E-state index < -0.39 is 29.9 Å². The van der Waals surface area contributed by atoms with Crippen LogP contribution < -0.4 is 5.32 Å². The summed E-state index contributed by atoms with van der Waals surface area (Å²) in [5, 5.41) is 12.2. The van der Waals surface area contributed by atoms with E-state index >= 15 is 0 Å². The van der Waals surface area contributed by atoms with Crippen LogP contribution in [0.1, 0.15) is 71.6 Å². The summed E-state index contributed by atoms with van der Waals surface area (Å²) in [5.41, 5.74) is -0.838.